The second-order valence-electron chi connectivity index (χ2n) is 6.84. The molecule has 134 valence electrons. The van der Waals surface area contributed by atoms with Crippen molar-refractivity contribution in [3.8, 4) is 0 Å². The number of primary amides is 1. The zero-order chi connectivity index (χ0) is 18.1. The number of carbonyl (C=O) groups is 2. The van der Waals surface area contributed by atoms with E-state index >= 15 is 0 Å². The standard InChI is InChI=1S/C15H23N3O4S2/c1-15(2,3)14(20)17-13-10(12(16)19)9-11(23-13)24(21,22)18-7-5-4-6-8-18/h9H,4-8H2,1-3H3,(H2,16,19)(H,17,20). The van der Waals surface area contributed by atoms with Crippen molar-refractivity contribution < 1.29 is 18.0 Å². The highest BCUT2D eigenvalue weighted by Crippen LogP contribution is 2.34. The van der Waals surface area contributed by atoms with E-state index in [0.717, 1.165) is 30.6 Å². The van der Waals surface area contributed by atoms with Crippen LogP contribution in [0.2, 0.25) is 0 Å². The Balaban J connectivity index is 2.37. The first-order chi connectivity index (χ1) is 11.0. The minimum absolute atomic E-state index is 0.0215. The summed E-state index contributed by atoms with van der Waals surface area (Å²) in [5.74, 6) is -1.08. The number of nitrogens with two attached hydrogens (primary N) is 1. The van der Waals surface area contributed by atoms with Crippen LogP contribution in [0.1, 0.15) is 50.4 Å². The van der Waals surface area contributed by atoms with E-state index in [1.165, 1.54) is 10.4 Å². The first-order valence-electron chi connectivity index (χ1n) is 7.79. The molecule has 2 amide bonds. The Bertz CT molecular complexity index is 741. The number of nitrogens with one attached hydrogen (secondary N) is 1. The number of sulfonamides is 1. The Morgan fingerprint density at radius 2 is 1.79 bits per heavy atom. The molecule has 2 rings (SSSR count). The van der Waals surface area contributed by atoms with Crippen LogP contribution in [0.4, 0.5) is 5.00 Å². The molecule has 1 aliphatic rings. The number of amides is 2. The molecule has 0 spiro atoms. The van der Waals surface area contributed by atoms with Gasteiger partial charge in [0.2, 0.25) is 5.91 Å². The lowest BCUT2D eigenvalue weighted by atomic mass is 9.96. The fourth-order valence-electron chi connectivity index (χ4n) is 2.29. The van der Waals surface area contributed by atoms with E-state index in [0.29, 0.717) is 13.1 Å². The Kier molecular flexibility index (Phi) is 5.36. The second kappa shape index (κ2) is 6.81. The van der Waals surface area contributed by atoms with E-state index < -0.39 is 21.3 Å². The second-order valence-corrected chi connectivity index (χ2v) is 10.1. The predicted octanol–water partition coefficient (Wildman–Crippen LogP) is 2.01. The number of hydrogen-bond acceptors (Lipinski definition) is 5. The molecule has 0 aliphatic carbocycles. The molecule has 7 nitrogen and oxygen atoms in total. The van der Waals surface area contributed by atoms with Crippen LogP contribution >= 0.6 is 11.3 Å². The quantitative estimate of drug-likeness (QED) is 0.841. The Labute approximate surface area is 146 Å². The van der Waals surface area contributed by atoms with Gasteiger partial charge in [0.15, 0.2) is 0 Å². The van der Waals surface area contributed by atoms with E-state index in [1.54, 1.807) is 20.8 Å². The van der Waals surface area contributed by atoms with Crippen molar-refractivity contribution in [2.45, 2.75) is 44.2 Å². The topological polar surface area (TPSA) is 110 Å². The van der Waals surface area contributed by atoms with Gasteiger partial charge in [-0.15, -0.1) is 11.3 Å². The molecule has 0 unspecified atom stereocenters. The lowest BCUT2D eigenvalue weighted by molar-refractivity contribution is -0.123. The van der Waals surface area contributed by atoms with Gasteiger partial charge in [0.25, 0.3) is 15.9 Å². The van der Waals surface area contributed by atoms with Crippen LogP contribution in [0.25, 0.3) is 0 Å². The van der Waals surface area contributed by atoms with Gasteiger partial charge in [-0.2, -0.15) is 4.31 Å². The molecule has 0 radical (unpaired) electrons. The Hall–Kier alpha value is -1.45. The summed E-state index contributed by atoms with van der Waals surface area (Å²) in [4.78, 5) is 23.8. The number of nitrogens with zero attached hydrogens (tertiary/aromatic N) is 1. The molecule has 0 aromatic carbocycles. The molecule has 3 N–H and O–H groups in total. The average molecular weight is 374 g/mol. The number of hydrogen-bond donors (Lipinski definition) is 2. The fraction of sp³-hybridized carbons (Fsp3) is 0.600. The van der Waals surface area contributed by atoms with E-state index in [4.69, 9.17) is 5.73 Å². The van der Waals surface area contributed by atoms with Crippen LogP contribution < -0.4 is 11.1 Å². The minimum atomic E-state index is -3.68. The third kappa shape index (κ3) is 3.96. The summed E-state index contributed by atoms with van der Waals surface area (Å²) in [6, 6.07) is 1.26. The highest BCUT2D eigenvalue weighted by molar-refractivity contribution is 7.91. The number of thiophene rings is 1. The third-order valence-corrected chi connectivity index (χ3v) is 7.19. The van der Waals surface area contributed by atoms with Gasteiger partial charge in [0.1, 0.15) is 9.21 Å². The average Bonchev–Trinajstić information content (AvgIpc) is 2.92. The molecule has 2 heterocycles. The molecule has 1 aliphatic heterocycles. The lowest BCUT2D eigenvalue weighted by Gasteiger charge is -2.25. The van der Waals surface area contributed by atoms with Crippen molar-refractivity contribution in [1.82, 2.24) is 4.31 Å². The van der Waals surface area contributed by atoms with Gasteiger partial charge in [-0.25, -0.2) is 8.42 Å². The van der Waals surface area contributed by atoms with E-state index in [9.17, 15) is 18.0 Å². The van der Waals surface area contributed by atoms with Crippen molar-refractivity contribution >= 4 is 38.2 Å². The maximum atomic E-state index is 12.7. The van der Waals surface area contributed by atoms with Crippen molar-refractivity contribution in [3.63, 3.8) is 0 Å². The summed E-state index contributed by atoms with van der Waals surface area (Å²) in [6.07, 6.45) is 2.65. The SMILES string of the molecule is CC(C)(C)C(=O)Nc1sc(S(=O)(=O)N2CCCCC2)cc1C(N)=O. The normalized spacial score (nSPS) is 16.8. The van der Waals surface area contributed by atoms with Gasteiger partial charge in [0, 0.05) is 18.5 Å². The van der Waals surface area contributed by atoms with Crippen LogP contribution in [0.5, 0.6) is 0 Å². The van der Waals surface area contributed by atoms with Crippen LogP contribution in [0, 0.1) is 5.41 Å². The van der Waals surface area contributed by atoms with Gasteiger partial charge in [0.05, 0.1) is 5.56 Å². The van der Waals surface area contributed by atoms with E-state index in [2.05, 4.69) is 5.32 Å². The third-order valence-electron chi connectivity index (χ3n) is 3.79. The molecular formula is C15H23N3O4S2. The Morgan fingerprint density at radius 1 is 1.21 bits per heavy atom. The Morgan fingerprint density at radius 3 is 2.29 bits per heavy atom. The summed E-state index contributed by atoms with van der Waals surface area (Å²) in [5, 5.41) is 2.80. The molecule has 9 heteroatoms. The van der Waals surface area contributed by atoms with Gasteiger partial charge >= 0.3 is 0 Å². The zero-order valence-electron chi connectivity index (χ0n) is 14.1. The summed E-state index contributed by atoms with van der Waals surface area (Å²) in [6.45, 7) is 6.12. The lowest BCUT2D eigenvalue weighted by Crippen LogP contribution is -2.35. The summed E-state index contributed by atoms with van der Waals surface area (Å²) in [7, 11) is -3.68. The fourth-order valence-corrected chi connectivity index (χ4v) is 5.33. The first-order valence-corrected chi connectivity index (χ1v) is 10.0. The van der Waals surface area contributed by atoms with Crippen LogP contribution in [0.15, 0.2) is 10.3 Å². The number of anilines is 1. The van der Waals surface area contributed by atoms with E-state index in [-0.39, 0.29) is 20.7 Å². The maximum absolute atomic E-state index is 12.7. The van der Waals surface area contributed by atoms with Crippen LogP contribution in [-0.2, 0) is 14.8 Å². The van der Waals surface area contributed by atoms with Crippen molar-refractivity contribution in [3.05, 3.63) is 11.6 Å². The zero-order valence-corrected chi connectivity index (χ0v) is 15.7. The minimum Gasteiger partial charge on any atom is -0.366 e. The summed E-state index contributed by atoms with van der Waals surface area (Å²) in [5.41, 5.74) is 4.69. The molecule has 1 saturated heterocycles. The molecular weight excluding hydrogens is 350 g/mol. The molecule has 1 aromatic rings. The number of carbonyl (C=O) groups excluding carboxylic acids is 2. The number of rotatable bonds is 4. The molecule has 0 atom stereocenters. The van der Waals surface area contributed by atoms with E-state index in [1.807, 2.05) is 0 Å². The van der Waals surface area contributed by atoms with Gasteiger partial charge in [-0.1, -0.05) is 27.2 Å². The van der Waals surface area contributed by atoms with Crippen molar-refractivity contribution in [1.29, 1.82) is 0 Å². The van der Waals surface area contributed by atoms with Gasteiger partial charge in [-0.3, -0.25) is 9.59 Å². The van der Waals surface area contributed by atoms with Crippen molar-refractivity contribution in [2.24, 2.45) is 11.1 Å². The highest BCUT2D eigenvalue weighted by Gasteiger charge is 2.31. The van der Waals surface area contributed by atoms with Crippen LogP contribution in [-0.4, -0.2) is 37.6 Å². The summed E-state index contributed by atoms with van der Waals surface area (Å²) >= 11 is 0.870. The molecule has 0 bridgehead atoms. The van der Waals surface area contributed by atoms with Gasteiger partial charge in [-0.05, 0) is 18.9 Å². The predicted molar refractivity (Wildman–Crippen MR) is 93.5 cm³/mol. The molecule has 24 heavy (non-hydrogen) atoms. The van der Waals surface area contributed by atoms with Crippen molar-refractivity contribution in [2.75, 3.05) is 18.4 Å². The first kappa shape index (κ1) is 18.9. The molecule has 1 fully saturated rings. The number of piperidine rings is 1. The van der Waals surface area contributed by atoms with Gasteiger partial charge < -0.3 is 11.1 Å². The highest BCUT2D eigenvalue weighted by atomic mass is 32.2. The largest absolute Gasteiger partial charge is 0.366 e. The summed E-state index contributed by atoms with van der Waals surface area (Å²) < 4.78 is 26.9. The molecule has 1 aromatic heterocycles. The maximum Gasteiger partial charge on any atom is 0.252 e. The smallest absolute Gasteiger partial charge is 0.252 e. The monoisotopic (exact) mass is 373 g/mol. The molecule has 0 saturated carbocycles. The van der Waals surface area contributed by atoms with Crippen LogP contribution in [0.3, 0.4) is 0 Å².